The van der Waals surface area contributed by atoms with Gasteiger partial charge >= 0.3 is 0 Å². The molecule has 0 amide bonds. The van der Waals surface area contributed by atoms with E-state index in [-0.39, 0.29) is 10.4 Å². The van der Waals surface area contributed by atoms with Gasteiger partial charge in [0, 0.05) is 12.4 Å². The monoisotopic (exact) mass is 392 g/mol. The number of benzene rings is 2. The van der Waals surface area contributed by atoms with Crippen molar-refractivity contribution in [3.05, 3.63) is 48.0 Å². The van der Waals surface area contributed by atoms with Gasteiger partial charge in [-0.3, -0.25) is 0 Å². The van der Waals surface area contributed by atoms with Crippen molar-refractivity contribution in [3.8, 4) is 5.75 Å². The maximum atomic E-state index is 12.8. The van der Waals surface area contributed by atoms with E-state index in [4.69, 9.17) is 4.74 Å². The van der Waals surface area contributed by atoms with E-state index in [1.54, 1.807) is 36.4 Å². The van der Waals surface area contributed by atoms with Crippen LogP contribution in [-0.2, 0) is 14.8 Å². The molecule has 3 rings (SSSR count). The maximum Gasteiger partial charge on any atom is 0.243 e. The van der Waals surface area contributed by atoms with Gasteiger partial charge in [-0.2, -0.15) is 8.75 Å². The Morgan fingerprint density at radius 2 is 1.96 bits per heavy atom. The van der Waals surface area contributed by atoms with E-state index in [1.165, 1.54) is 13.2 Å². The molecule has 0 saturated carbocycles. The van der Waals surface area contributed by atoms with Crippen molar-refractivity contribution in [1.82, 2.24) is 13.5 Å². The molecule has 26 heavy (non-hydrogen) atoms. The van der Waals surface area contributed by atoms with Crippen molar-refractivity contribution in [2.75, 3.05) is 7.11 Å². The first-order valence-electron chi connectivity index (χ1n) is 7.48. The third-order valence-corrected chi connectivity index (χ3v) is 5.77. The van der Waals surface area contributed by atoms with Gasteiger partial charge in [0.05, 0.1) is 24.9 Å². The number of carbonyl (C=O) groups excluding carboxylic acids is 1. The summed E-state index contributed by atoms with van der Waals surface area (Å²) in [7, 11) is -2.53. The maximum absolute atomic E-state index is 12.8. The molecule has 1 heterocycles. The van der Waals surface area contributed by atoms with E-state index in [0.717, 1.165) is 11.7 Å². The Morgan fingerprint density at radius 1 is 1.23 bits per heavy atom. The topological polar surface area (TPSA) is 121 Å². The number of hydrogen-bond acceptors (Lipinski definition) is 8. The molecule has 3 aromatic rings. The summed E-state index contributed by atoms with van der Waals surface area (Å²) in [6.45, 7) is 0. The highest BCUT2D eigenvalue weighted by Crippen LogP contribution is 2.25. The molecule has 1 aromatic heterocycles. The van der Waals surface area contributed by atoms with E-state index < -0.39 is 28.5 Å². The van der Waals surface area contributed by atoms with Crippen LogP contribution in [0.5, 0.6) is 5.75 Å². The highest BCUT2D eigenvalue weighted by atomic mass is 32.2. The molecule has 0 aliphatic rings. The van der Waals surface area contributed by atoms with Gasteiger partial charge in [-0.1, -0.05) is 18.2 Å². The van der Waals surface area contributed by atoms with Gasteiger partial charge < -0.3 is 14.6 Å². The van der Waals surface area contributed by atoms with Crippen LogP contribution >= 0.6 is 11.7 Å². The van der Waals surface area contributed by atoms with Crippen molar-refractivity contribution in [2.24, 2.45) is 0 Å². The van der Waals surface area contributed by atoms with E-state index in [1.807, 2.05) is 0 Å². The minimum Gasteiger partial charge on any atom is -0.550 e. The number of rotatable bonds is 7. The first-order valence-corrected chi connectivity index (χ1v) is 9.69. The summed E-state index contributed by atoms with van der Waals surface area (Å²) < 4.78 is 41.2. The van der Waals surface area contributed by atoms with Gasteiger partial charge in [-0.15, -0.1) is 0 Å². The summed E-state index contributed by atoms with van der Waals surface area (Å²) >= 11 is 0.903. The number of carbonyl (C=O) groups is 1. The van der Waals surface area contributed by atoms with E-state index >= 15 is 0 Å². The fraction of sp³-hybridized carbons (Fsp3) is 0.188. The quantitative estimate of drug-likeness (QED) is 0.633. The average molecular weight is 392 g/mol. The molecule has 0 fully saturated rings. The van der Waals surface area contributed by atoms with Gasteiger partial charge in [0.2, 0.25) is 10.0 Å². The van der Waals surface area contributed by atoms with Crippen LogP contribution in [0, 0.1) is 0 Å². The molecule has 10 heteroatoms. The summed E-state index contributed by atoms with van der Waals surface area (Å²) in [6.07, 6.45) is -0.517. The van der Waals surface area contributed by atoms with Crippen molar-refractivity contribution in [3.63, 3.8) is 0 Å². The number of ether oxygens (including phenoxy) is 1. The van der Waals surface area contributed by atoms with Crippen LogP contribution < -0.4 is 14.6 Å². The number of nitrogens with zero attached hydrogens (tertiary/aromatic N) is 2. The molecule has 0 aliphatic carbocycles. The molecule has 0 radical (unpaired) electrons. The second-order valence-corrected chi connectivity index (χ2v) is 7.62. The Kier molecular flexibility index (Phi) is 5.16. The molecular weight excluding hydrogens is 378 g/mol. The lowest BCUT2D eigenvalue weighted by molar-refractivity contribution is -0.306. The predicted octanol–water partition coefficient (Wildman–Crippen LogP) is 0.859. The third-order valence-electron chi connectivity index (χ3n) is 3.72. The first-order chi connectivity index (χ1) is 12.4. The highest BCUT2D eigenvalue weighted by Gasteiger charge is 2.24. The number of nitrogens with one attached hydrogen (secondary N) is 1. The largest absolute Gasteiger partial charge is 0.550 e. The molecule has 0 aliphatic heterocycles. The molecule has 1 N–H and O–H groups in total. The lowest BCUT2D eigenvalue weighted by Gasteiger charge is -2.20. The standard InChI is InChI=1S/C16H15N3O5S2/c1-24-11-7-5-10(6-8-11)13(9-15(20)21)19-26(22,23)14-4-2-3-12-16(14)18-25-17-12/h2-8,13,19H,9H2,1H3,(H,20,21)/p-1/t13-/m1/s1. The minimum absolute atomic E-state index is 0.0550. The van der Waals surface area contributed by atoms with Crippen LogP contribution in [-0.4, -0.2) is 30.2 Å². The summed E-state index contributed by atoms with van der Waals surface area (Å²) in [4.78, 5) is 11.1. The zero-order valence-electron chi connectivity index (χ0n) is 13.6. The number of carboxylic acid groups (broad SMARTS) is 1. The molecule has 0 spiro atoms. The summed E-state index contributed by atoms with van der Waals surface area (Å²) in [6, 6.07) is 10.0. The van der Waals surface area contributed by atoms with Gasteiger partial charge in [-0.25, -0.2) is 13.1 Å². The minimum atomic E-state index is -4.03. The smallest absolute Gasteiger partial charge is 0.243 e. The third kappa shape index (κ3) is 3.82. The summed E-state index contributed by atoms with van der Waals surface area (Å²) in [5.41, 5.74) is 1.17. The second kappa shape index (κ2) is 7.36. The molecule has 1 atom stereocenters. The van der Waals surface area contributed by atoms with Crippen molar-refractivity contribution >= 4 is 38.8 Å². The molecule has 0 bridgehead atoms. The van der Waals surface area contributed by atoms with E-state index in [2.05, 4.69) is 13.5 Å². The van der Waals surface area contributed by atoms with Crippen LogP contribution in [0.3, 0.4) is 0 Å². The Bertz CT molecular complexity index is 1030. The van der Waals surface area contributed by atoms with E-state index in [9.17, 15) is 18.3 Å². The average Bonchev–Trinajstić information content (AvgIpc) is 3.09. The van der Waals surface area contributed by atoms with Crippen LogP contribution in [0.25, 0.3) is 11.0 Å². The lowest BCUT2D eigenvalue weighted by atomic mass is 10.0. The molecule has 2 aromatic carbocycles. The van der Waals surface area contributed by atoms with Gasteiger partial charge in [-0.05, 0) is 29.8 Å². The number of hydrogen-bond donors (Lipinski definition) is 1. The van der Waals surface area contributed by atoms with Crippen molar-refractivity contribution < 1.29 is 23.1 Å². The SMILES string of the molecule is COc1ccc([C@@H](CC(=O)[O-])NS(=O)(=O)c2cccc3nsnc23)cc1. The Labute approximate surface area is 153 Å². The molecule has 0 saturated heterocycles. The van der Waals surface area contributed by atoms with Gasteiger partial charge in [0.15, 0.2) is 0 Å². The Balaban J connectivity index is 1.97. The fourth-order valence-corrected chi connectivity index (χ4v) is 4.47. The number of carboxylic acids is 1. The predicted molar refractivity (Wildman–Crippen MR) is 93.1 cm³/mol. The van der Waals surface area contributed by atoms with Crippen molar-refractivity contribution in [1.29, 1.82) is 0 Å². The zero-order chi connectivity index (χ0) is 18.7. The van der Waals surface area contributed by atoms with Gasteiger partial charge in [0.1, 0.15) is 21.7 Å². The number of aliphatic carboxylic acids is 1. The molecular formula is C16H14N3O5S2-. The molecule has 136 valence electrons. The van der Waals surface area contributed by atoms with Crippen LogP contribution in [0.2, 0.25) is 0 Å². The fourth-order valence-electron chi connectivity index (χ4n) is 2.48. The van der Waals surface area contributed by atoms with Crippen LogP contribution in [0.1, 0.15) is 18.0 Å². The van der Waals surface area contributed by atoms with E-state index in [0.29, 0.717) is 16.8 Å². The second-order valence-electron chi connectivity index (χ2n) is 5.41. The number of methoxy groups -OCH3 is 1. The summed E-state index contributed by atoms with van der Waals surface area (Å²) in [5.74, 6) is -0.802. The first kappa shape index (κ1) is 18.2. The Morgan fingerprint density at radius 3 is 2.62 bits per heavy atom. The molecule has 8 nitrogen and oxygen atoms in total. The lowest BCUT2D eigenvalue weighted by Crippen LogP contribution is -2.34. The highest BCUT2D eigenvalue weighted by molar-refractivity contribution is 7.89. The zero-order valence-corrected chi connectivity index (χ0v) is 15.2. The number of aromatic nitrogens is 2. The Hall–Kier alpha value is -2.56. The number of sulfonamides is 1. The molecule has 0 unspecified atom stereocenters. The van der Waals surface area contributed by atoms with Crippen LogP contribution in [0.4, 0.5) is 0 Å². The number of fused-ring (bicyclic) bond motifs is 1. The van der Waals surface area contributed by atoms with Crippen LogP contribution in [0.15, 0.2) is 47.4 Å². The summed E-state index contributed by atoms with van der Waals surface area (Å²) in [5, 5.41) is 11.1. The normalized spacial score (nSPS) is 12.8. The van der Waals surface area contributed by atoms with Crippen molar-refractivity contribution in [2.45, 2.75) is 17.4 Å². The van der Waals surface area contributed by atoms with Gasteiger partial charge in [0.25, 0.3) is 0 Å².